The molecule has 0 fully saturated rings. The zero-order valence-electron chi connectivity index (χ0n) is 12.1. The lowest BCUT2D eigenvalue weighted by molar-refractivity contribution is 0.0926. The van der Waals surface area contributed by atoms with Gasteiger partial charge in [0, 0.05) is 5.56 Å². The third kappa shape index (κ3) is 2.11. The van der Waals surface area contributed by atoms with Crippen molar-refractivity contribution in [3.63, 3.8) is 0 Å². The molecule has 2 aromatic carbocycles. The molecule has 0 saturated carbocycles. The molecule has 0 saturated heterocycles. The lowest BCUT2D eigenvalue weighted by atomic mass is 10.1. The molecule has 1 aliphatic heterocycles. The summed E-state index contributed by atoms with van der Waals surface area (Å²) in [6.45, 7) is 5.42. The topological polar surface area (TPSA) is 37.4 Å². The molecule has 2 amide bonds. The first-order valence-electron chi connectivity index (χ1n) is 6.84. The van der Waals surface area contributed by atoms with Crippen LogP contribution in [0.25, 0.3) is 6.08 Å². The fourth-order valence-electron chi connectivity index (χ4n) is 2.46. The monoisotopic (exact) mass is 287 g/mol. The van der Waals surface area contributed by atoms with Crippen LogP contribution < -0.4 is 4.90 Å². The molecule has 0 aromatic heterocycles. The quantitative estimate of drug-likeness (QED) is 0.626. The van der Waals surface area contributed by atoms with Gasteiger partial charge in [-0.05, 0) is 42.8 Å². The number of nitrogens with zero attached hydrogens (tertiary/aromatic N) is 1. The number of amides is 2. The van der Waals surface area contributed by atoms with Gasteiger partial charge in [-0.2, -0.15) is 0 Å². The van der Waals surface area contributed by atoms with Crippen LogP contribution >= 0.6 is 0 Å². The van der Waals surface area contributed by atoms with Gasteiger partial charge < -0.3 is 0 Å². The van der Waals surface area contributed by atoms with Gasteiger partial charge in [-0.25, -0.2) is 4.90 Å². The van der Waals surface area contributed by atoms with Crippen LogP contribution in [0.2, 0.25) is 0 Å². The fourth-order valence-corrected chi connectivity index (χ4v) is 2.46. The lowest BCUT2D eigenvalue weighted by Gasteiger charge is -2.13. The molecule has 0 N–H and O–H groups in total. The molecule has 1 heterocycles. The molecule has 1 aliphatic rings. The predicted molar refractivity (Wildman–Crippen MR) is 86.7 cm³/mol. The summed E-state index contributed by atoms with van der Waals surface area (Å²) in [7, 11) is 0. The van der Waals surface area contributed by atoms with Gasteiger partial charge in [0.25, 0.3) is 11.8 Å². The van der Waals surface area contributed by atoms with E-state index in [2.05, 4.69) is 18.4 Å². The third-order valence-electron chi connectivity index (χ3n) is 3.54. The Kier molecular flexibility index (Phi) is 3.36. The summed E-state index contributed by atoms with van der Waals surface area (Å²) in [5.41, 5.74) is 3.03. The van der Waals surface area contributed by atoms with Gasteiger partial charge in [-0.15, -0.1) is 5.92 Å². The SMILES string of the molecule is C=Cc1ccc(N2C(=O)c3ccc(C#CC)cc3C2=O)cc1. The fraction of sp³-hybridized carbons (Fsp3) is 0.0526. The number of benzene rings is 2. The van der Waals surface area contributed by atoms with E-state index < -0.39 is 0 Å². The van der Waals surface area contributed by atoms with Crippen LogP contribution in [0.15, 0.2) is 49.0 Å². The van der Waals surface area contributed by atoms with Crippen molar-refractivity contribution in [2.24, 2.45) is 0 Å². The molecule has 0 atom stereocenters. The number of hydrogen-bond acceptors (Lipinski definition) is 2. The summed E-state index contributed by atoms with van der Waals surface area (Å²) in [5.74, 6) is 5.07. The number of rotatable bonds is 2. The Hall–Kier alpha value is -3.12. The second kappa shape index (κ2) is 5.34. The van der Waals surface area contributed by atoms with E-state index in [1.165, 1.54) is 4.90 Å². The number of anilines is 1. The number of hydrogen-bond donors (Lipinski definition) is 0. The maximum atomic E-state index is 12.6. The summed E-state index contributed by atoms with van der Waals surface area (Å²) < 4.78 is 0. The Balaban J connectivity index is 2.04. The minimum atomic E-state index is -0.314. The molecule has 0 unspecified atom stereocenters. The van der Waals surface area contributed by atoms with Crippen LogP contribution in [0.5, 0.6) is 0 Å². The normalized spacial score (nSPS) is 12.7. The van der Waals surface area contributed by atoms with E-state index in [1.807, 2.05) is 12.1 Å². The molecule has 2 aromatic rings. The first-order chi connectivity index (χ1) is 10.7. The molecule has 0 bridgehead atoms. The number of carbonyl (C=O) groups excluding carboxylic acids is 2. The van der Waals surface area contributed by atoms with E-state index in [-0.39, 0.29) is 11.8 Å². The van der Waals surface area contributed by atoms with Gasteiger partial charge in [0.15, 0.2) is 0 Å². The van der Waals surface area contributed by atoms with Crippen molar-refractivity contribution in [3.05, 3.63) is 71.3 Å². The third-order valence-corrected chi connectivity index (χ3v) is 3.54. The standard InChI is InChI=1S/C19H13NO2/c1-3-5-14-8-11-16-17(12-14)19(22)20(18(16)21)15-9-6-13(4-2)7-10-15/h4,6-12H,2H2,1H3. The van der Waals surface area contributed by atoms with Crippen molar-refractivity contribution in [3.8, 4) is 11.8 Å². The van der Waals surface area contributed by atoms with Crippen molar-refractivity contribution in [2.45, 2.75) is 6.92 Å². The lowest BCUT2D eigenvalue weighted by Crippen LogP contribution is -2.29. The Morgan fingerprint density at radius 1 is 1.00 bits per heavy atom. The van der Waals surface area contributed by atoms with Gasteiger partial charge in [-0.3, -0.25) is 9.59 Å². The number of imide groups is 1. The summed E-state index contributed by atoms with van der Waals surface area (Å²) in [5, 5.41) is 0. The highest BCUT2D eigenvalue weighted by Crippen LogP contribution is 2.29. The van der Waals surface area contributed by atoms with Crippen LogP contribution in [0.4, 0.5) is 5.69 Å². The maximum Gasteiger partial charge on any atom is 0.266 e. The van der Waals surface area contributed by atoms with E-state index in [0.717, 1.165) is 11.1 Å². The van der Waals surface area contributed by atoms with Crippen molar-refractivity contribution < 1.29 is 9.59 Å². The largest absolute Gasteiger partial charge is 0.268 e. The minimum Gasteiger partial charge on any atom is -0.268 e. The molecule has 0 radical (unpaired) electrons. The highest BCUT2D eigenvalue weighted by molar-refractivity contribution is 6.34. The molecule has 3 heteroatoms. The van der Waals surface area contributed by atoms with E-state index in [4.69, 9.17) is 0 Å². The zero-order chi connectivity index (χ0) is 15.7. The number of fused-ring (bicyclic) bond motifs is 1. The predicted octanol–water partition coefficient (Wildman–Crippen LogP) is 3.50. The Bertz CT molecular complexity index is 851. The van der Waals surface area contributed by atoms with Crippen LogP contribution in [0, 0.1) is 11.8 Å². The van der Waals surface area contributed by atoms with Gasteiger partial charge in [0.1, 0.15) is 0 Å². The van der Waals surface area contributed by atoms with Gasteiger partial charge >= 0.3 is 0 Å². The van der Waals surface area contributed by atoms with Gasteiger partial charge in [0.05, 0.1) is 16.8 Å². The number of carbonyl (C=O) groups is 2. The van der Waals surface area contributed by atoms with Crippen molar-refractivity contribution in [1.29, 1.82) is 0 Å². The molecular formula is C19H13NO2. The molecule has 106 valence electrons. The minimum absolute atomic E-state index is 0.303. The zero-order valence-corrected chi connectivity index (χ0v) is 12.1. The molecular weight excluding hydrogens is 274 g/mol. The summed E-state index contributed by atoms with van der Waals surface area (Å²) in [6, 6.07) is 12.2. The Morgan fingerprint density at radius 3 is 2.32 bits per heavy atom. The molecule has 0 aliphatic carbocycles. The highest BCUT2D eigenvalue weighted by atomic mass is 16.2. The van der Waals surface area contributed by atoms with Crippen LogP contribution in [-0.2, 0) is 0 Å². The second-order valence-electron chi connectivity index (χ2n) is 4.88. The van der Waals surface area contributed by atoms with E-state index in [0.29, 0.717) is 16.8 Å². The van der Waals surface area contributed by atoms with Crippen molar-refractivity contribution in [1.82, 2.24) is 0 Å². The summed E-state index contributed by atoms with van der Waals surface area (Å²) >= 11 is 0. The maximum absolute atomic E-state index is 12.6. The van der Waals surface area contributed by atoms with E-state index in [9.17, 15) is 9.59 Å². The van der Waals surface area contributed by atoms with Crippen LogP contribution in [-0.4, -0.2) is 11.8 Å². The smallest absolute Gasteiger partial charge is 0.266 e. The van der Waals surface area contributed by atoms with Crippen LogP contribution in [0.3, 0.4) is 0 Å². The first kappa shape index (κ1) is 13.8. The second-order valence-corrected chi connectivity index (χ2v) is 4.88. The average Bonchev–Trinajstić information content (AvgIpc) is 2.79. The highest BCUT2D eigenvalue weighted by Gasteiger charge is 2.36. The molecule has 0 spiro atoms. The Labute approximate surface area is 128 Å². The first-order valence-corrected chi connectivity index (χ1v) is 6.84. The van der Waals surface area contributed by atoms with Gasteiger partial charge in [-0.1, -0.05) is 30.7 Å². The van der Waals surface area contributed by atoms with Crippen molar-refractivity contribution >= 4 is 23.6 Å². The summed E-state index contributed by atoms with van der Waals surface area (Å²) in [6.07, 6.45) is 1.71. The molecule has 22 heavy (non-hydrogen) atoms. The molecule has 3 rings (SSSR count). The average molecular weight is 287 g/mol. The summed E-state index contributed by atoms with van der Waals surface area (Å²) in [4.78, 5) is 26.2. The van der Waals surface area contributed by atoms with Crippen molar-refractivity contribution in [2.75, 3.05) is 4.90 Å². The van der Waals surface area contributed by atoms with Crippen LogP contribution in [0.1, 0.15) is 38.8 Å². The van der Waals surface area contributed by atoms with E-state index in [1.54, 1.807) is 43.3 Å². The molecule has 3 nitrogen and oxygen atoms in total. The van der Waals surface area contributed by atoms with E-state index >= 15 is 0 Å². The van der Waals surface area contributed by atoms with Gasteiger partial charge in [0.2, 0.25) is 0 Å². The Morgan fingerprint density at radius 2 is 1.68 bits per heavy atom.